The van der Waals surface area contributed by atoms with Gasteiger partial charge < -0.3 is 38.7 Å². The molecule has 498 valence electrons. The third-order valence-corrected chi connectivity index (χ3v) is 28.1. The largest absolute Gasteiger partial charge is 0.490 e. The van der Waals surface area contributed by atoms with Crippen molar-refractivity contribution in [3.05, 3.63) is 116 Å². The molecule has 13 atom stereocenters. The van der Waals surface area contributed by atoms with E-state index in [1.807, 2.05) is 44.2 Å². The third-order valence-electron chi connectivity index (χ3n) is 23.5. The molecule has 2 amide bonds. The summed E-state index contributed by atoms with van der Waals surface area (Å²) in [5.41, 5.74) is 4.78. The zero-order valence-corrected chi connectivity index (χ0v) is 57.1. The molecule has 9 aliphatic rings. The zero-order valence-electron chi connectivity index (χ0n) is 53.9. The number of carbonyl (C=O) groups excluding carboxylic acids is 4. The highest BCUT2D eigenvalue weighted by Gasteiger charge is 2.52. The number of aldehydes is 2. The highest BCUT2D eigenvalue weighted by molar-refractivity contribution is 7.99. The monoisotopic (exact) mass is 1340 g/mol. The maximum atomic E-state index is 14.0. The fraction of sp³-hybridized carbons (Fsp3) is 0.597. The second kappa shape index (κ2) is 26.8. The van der Waals surface area contributed by atoms with E-state index in [0.29, 0.717) is 80.9 Å². The minimum Gasteiger partial charge on any atom is -0.490 e. The number of ether oxygens (including phenoxy) is 3. The highest BCUT2D eigenvalue weighted by Crippen LogP contribution is 2.53. The van der Waals surface area contributed by atoms with Gasteiger partial charge in [0.25, 0.3) is 11.8 Å². The van der Waals surface area contributed by atoms with Crippen LogP contribution in [0.25, 0.3) is 0 Å². The molecular formula is C72H93Cl2N5O11S2. The molecule has 5 aliphatic heterocycles. The number of benzene rings is 4. The van der Waals surface area contributed by atoms with E-state index < -0.39 is 41.9 Å². The molecule has 4 aliphatic carbocycles. The number of hydrogen-bond donors (Lipinski definition) is 3. The van der Waals surface area contributed by atoms with Crippen molar-refractivity contribution in [1.82, 2.24) is 14.3 Å². The Bertz CT molecular complexity index is 3680. The highest BCUT2D eigenvalue weighted by atomic mass is 35.5. The molecule has 4 bridgehead atoms. The Morgan fingerprint density at radius 1 is 0.620 bits per heavy atom. The molecule has 92 heavy (non-hydrogen) atoms. The van der Waals surface area contributed by atoms with Crippen LogP contribution < -0.4 is 28.7 Å². The lowest BCUT2D eigenvalue weighted by Gasteiger charge is -2.52. The first-order valence-corrected chi connectivity index (χ1v) is 37.9. The lowest BCUT2D eigenvalue weighted by atomic mass is 9.57. The van der Waals surface area contributed by atoms with Crippen LogP contribution in [0.5, 0.6) is 11.5 Å². The van der Waals surface area contributed by atoms with E-state index in [2.05, 4.69) is 55.1 Å². The van der Waals surface area contributed by atoms with Gasteiger partial charge in [0.15, 0.2) is 6.29 Å². The third kappa shape index (κ3) is 13.3. The Balaban J connectivity index is 0.000000179. The molecule has 0 radical (unpaired) electrons. The van der Waals surface area contributed by atoms with Crippen molar-refractivity contribution in [3.63, 3.8) is 0 Å². The molecule has 0 aromatic heterocycles. The Labute approximate surface area is 554 Å². The summed E-state index contributed by atoms with van der Waals surface area (Å²) in [7, 11) is -6.92. The minimum absolute atomic E-state index is 0.0588. The number of fused-ring (bicyclic) bond motifs is 8. The van der Waals surface area contributed by atoms with Gasteiger partial charge in [-0.25, -0.2) is 17.3 Å². The SMILES string of the molecule is C=S1(=O)NC(=O)c2ccc3c(c2)N(C[C@@H]2CC[C@H]2[C@](C=O)(CN2CCOCC2)CCC[C@H](C)[C@H]1C)C[C@@]1(CCCc2cc(Cl)ccc21)CO3.C[C@@H]1[C@@H](C)CCC[C@@](O)(C=O)[C@@H]2CC[C@H]2CN2C[C@@]3(CCCc4cc(Cl)ccc43)COc3ccc(cc32)C(=O)NS1(=O)=O. The second-order valence-electron chi connectivity index (χ2n) is 29.1. The number of anilines is 2. The minimum atomic E-state index is -3.97. The lowest BCUT2D eigenvalue weighted by Crippen LogP contribution is -2.55. The summed E-state index contributed by atoms with van der Waals surface area (Å²) in [6, 6.07) is 23.0. The maximum Gasteiger partial charge on any atom is 0.264 e. The first-order chi connectivity index (χ1) is 44.0. The van der Waals surface area contributed by atoms with Crippen molar-refractivity contribution in [2.45, 2.75) is 157 Å². The second-order valence-corrected chi connectivity index (χ2v) is 34.4. The van der Waals surface area contributed by atoms with Gasteiger partial charge in [-0.15, -0.1) is 0 Å². The van der Waals surface area contributed by atoms with Crippen LogP contribution in [0.3, 0.4) is 0 Å². The van der Waals surface area contributed by atoms with Gasteiger partial charge in [0.05, 0.1) is 52.8 Å². The Morgan fingerprint density at radius 2 is 1.13 bits per heavy atom. The standard InChI is InChI=1S/C39H52ClN3O5S.C33H41ClN2O6S/c1-27-6-4-14-38(25-44,23-42-16-18-47-19-17-42)34-11-8-31(34)22-43-24-39(15-5-7-29-20-32(40)10-12-33(29)39)26-48-36-13-9-30(21-35(36)43)37(45)41-49(3,46)28(27)2;1-21-5-3-14-33(39,19-37)28-10-7-25(28)17-36-18-32(13-4-6-23-15-26(34)9-11-27(23)32)20-42-30-12-8-24(16-29(30)36)31(38)35-43(40,41)22(21)2/h9-10,12-13,20-21,25,27-28,31,34H,3-8,11,14-19,22-24,26H2,1-2H3,(H,41,45,46);8-9,11-12,15-16,19,21-22,25,28,39H,3-7,10,13-14,17-18,20H2,1-2H3,(H,35,38)/t27-,28+,31-,34+,38-,39-,49?;21-,22+,25-,28+,32-,33+/m00/s1. The first-order valence-electron chi connectivity index (χ1n) is 33.8. The lowest BCUT2D eigenvalue weighted by molar-refractivity contribution is -0.140. The van der Waals surface area contributed by atoms with Crippen LogP contribution in [0.2, 0.25) is 10.0 Å². The van der Waals surface area contributed by atoms with Gasteiger partial charge in [0.2, 0.25) is 10.0 Å². The average Bonchev–Trinajstić information content (AvgIpc) is 1.42. The van der Waals surface area contributed by atoms with Gasteiger partial charge in [-0.1, -0.05) is 55.6 Å². The number of morpholine rings is 1. The molecular weight excluding hydrogens is 1250 g/mol. The predicted molar refractivity (Wildman–Crippen MR) is 364 cm³/mol. The van der Waals surface area contributed by atoms with Crippen molar-refractivity contribution < 1.29 is 51.1 Å². The van der Waals surface area contributed by atoms with Gasteiger partial charge in [0, 0.05) is 88.5 Å². The molecule has 13 rings (SSSR count). The van der Waals surface area contributed by atoms with Crippen molar-refractivity contribution in [1.29, 1.82) is 0 Å². The van der Waals surface area contributed by atoms with Crippen LogP contribution in [0.4, 0.5) is 11.4 Å². The Kier molecular flexibility index (Phi) is 19.4. The van der Waals surface area contributed by atoms with E-state index >= 15 is 0 Å². The number of aryl methyl sites for hydroxylation is 2. The maximum absolute atomic E-state index is 14.0. The summed E-state index contributed by atoms with van der Waals surface area (Å²) in [5.74, 6) is 4.62. The fourth-order valence-electron chi connectivity index (χ4n) is 17.3. The summed E-state index contributed by atoms with van der Waals surface area (Å²) in [5, 5.41) is 11.9. The van der Waals surface area contributed by atoms with E-state index in [1.165, 1.54) is 28.5 Å². The number of nitrogens with zero attached hydrogens (tertiary/aromatic N) is 3. The van der Waals surface area contributed by atoms with Gasteiger partial charge >= 0.3 is 0 Å². The molecule has 20 heteroatoms. The Hall–Kier alpha value is -5.21. The van der Waals surface area contributed by atoms with Crippen molar-refractivity contribution in [2.24, 2.45) is 40.9 Å². The number of carbonyl (C=O) groups is 4. The van der Waals surface area contributed by atoms with E-state index in [4.69, 9.17) is 37.4 Å². The molecule has 1 saturated heterocycles. The van der Waals surface area contributed by atoms with Crippen LogP contribution in [-0.4, -0.2) is 141 Å². The molecule has 4 aromatic carbocycles. The van der Waals surface area contributed by atoms with E-state index in [0.717, 1.165) is 138 Å². The molecule has 2 saturated carbocycles. The zero-order chi connectivity index (χ0) is 65.0. The summed E-state index contributed by atoms with van der Waals surface area (Å²) < 4.78 is 64.4. The molecule has 1 unspecified atom stereocenters. The number of nitrogens with one attached hydrogen (secondary N) is 2. The Morgan fingerprint density at radius 3 is 1.64 bits per heavy atom. The van der Waals surface area contributed by atoms with Gasteiger partial charge in [-0.2, -0.15) is 0 Å². The number of aliphatic hydroxyl groups is 1. The van der Waals surface area contributed by atoms with Crippen LogP contribution in [0, 0.1) is 40.9 Å². The van der Waals surface area contributed by atoms with Crippen molar-refractivity contribution in [3.8, 4) is 11.5 Å². The van der Waals surface area contributed by atoms with E-state index in [1.54, 1.807) is 31.2 Å². The molecule has 3 N–H and O–H groups in total. The van der Waals surface area contributed by atoms with Crippen LogP contribution in [0.15, 0.2) is 72.8 Å². The molecule has 16 nitrogen and oxygen atoms in total. The van der Waals surface area contributed by atoms with Crippen LogP contribution in [-0.2, 0) is 57.7 Å². The average molecular weight is 1340 g/mol. The quantitative estimate of drug-likeness (QED) is 0.129. The number of sulfonamides is 1. The van der Waals surface area contributed by atoms with E-state index in [-0.39, 0.29) is 63.6 Å². The molecule has 4 aromatic rings. The summed E-state index contributed by atoms with van der Waals surface area (Å²) in [6.07, 6.45) is 15.4. The van der Waals surface area contributed by atoms with Crippen LogP contribution >= 0.6 is 23.2 Å². The molecule has 3 fully saturated rings. The van der Waals surface area contributed by atoms with Crippen LogP contribution in [0.1, 0.15) is 161 Å². The smallest absolute Gasteiger partial charge is 0.264 e. The summed E-state index contributed by atoms with van der Waals surface area (Å²) >= 11 is 12.9. The molecule has 2 spiro atoms. The van der Waals surface area contributed by atoms with Gasteiger partial charge in [-0.05, 0) is 234 Å². The van der Waals surface area contributed by atoms with Crippen molar-refractivity contribution >= 4 is 84.6 Å². The first kappa shape index (κ1) is 66.8. The van der Waals surface area contributed by atoms with E-state index in [9.17, 15) is 36.9 Å². The topological polar surface area (TPSA) is 201 Å². The fourth-order valence-corrected chi connectivity index (χ4v) is 20.5. The number of amides is 2. The number of rotatable bonds is 4. The normalized spacial score (nSPS) is 34.9. The van der Waals surface area contributed by atoms with Crippen molar-refractivity contribution in [2.75, 3.05) is 82.0 Å². The number of halogens is 2. The predicted octanol–water partition coefficient (Wildman–Crippen LogP) is 11.0. The van der Waals surface area contributed by atoms with Gasteiger partial charge in [-0.3, -0.25) is 19.2 Å². The number of hydrogen-bond acceptors (Lipinski definition) is 14. The van der Waals surface area contributed by atoms with Gasteiger partial charge in [0.1, 0.15) is 23.4 Å². The summed E-state index contributed by atoms with van der Waals surface area (Å²) in [6.45, 7) is 15.0. The summed E-state index contributed by atoms with van der Waals surface area (Å²) in [4.78, 5) is 60.1. The molecule has 5 heterocycles.